The summed E-state index contributed by atoms with van der Waals surface area (Å²) < 4.78 is 5.57. The number of rotatable bonds is 6. The molecule has 0 heterocycles. The van der Waals surface area contributed by atoms with Crippen molar-refractivity contribution in [2.24, 2.45) is 0 Å². The average Bonchev–Trinajstić information content (AvgIpc) is 2.67. The van der Waals surface area contributed by atoms with E-state index in [-0.39, 0.29) is 5.69 Å². The molecule has 2 N–H and O–H groups in total. The molecule has 8 nitrogen and oxygen atoms in total. The van der Waals surface area contributed by atoms with Gasteiger partial charge in [0.15, 0.2) is 6.10 Å². The summed E-state index contributed by atoms with van der Waals surface area (Å²) in [6.45, 7) is 5.50. The minimum atomic E-state index is -0.805. The van der Waals surface area contributed by atoms with E-state index in [9.17, 15) is 19.7 Å². The van der Waals surface area contributed by atoms with E-state index in [4.69, 9.17) is 4.74 Å². The van der Waals surface area contributed by atoms with Gasteiger partial charge in [0.25, 0.3) is 17.5 Å². The first kappa shape index (κ1) is 20.6. The number of nitrogens with one attached hydrogen (secondary N) is 2. The van der Waals surface area contributed by atoms with Gasteiger partial charge in [-0.2, -0.15) is 0 Å². The third-order valence-corrected chi connectivity index (χ3v) is 4.00. The summed E-state index contributed by atoms with van der Waals surface area (Å²) in [5.41, 5.74) is 7.29. The maximum atomic E-state index is 12.0. The van der Waals surface area contributed by atoms with Crippen LogP contribution in [0.3, 0.4) is 0 Å². The van der Waals surface area contributed by atoms with Gasteiger partial charge in [0.1, 0.15) is 5.75 Å². The van der Waals surface area contributed by atoms with Crippen LogP contribution in [0.1, 0.15) is 23.6 Å². The number of nitrogens with zero attached hydrogens (tertiary/aromatic N) is 1. The number of ether oxygens (including phenoxy) is 1. The van der Waals surface area contributed by atoms with Crippen molar-refractivity contribution in [2.45, 2.75) is 26.9 Å². The fraction of sp³-hybridized carbons (Fsp3) is 0.200. The standard InChI is InChI=1S/C20H21N3O5/c1-13-4-10-18(12-14(13)2)28-15(3)20(25)22-21-19(24)11-7-16-5-8-17(9-6-16)23(26)27/h4-12,15H,1-3H3,(H,21,24)(H,22,25)/b11-7+. The highest BCUT2D eigenvalue weighted by atomic mass is 16.6. The van der Waals surface area contributed by atoms with Crippen LogP contribution in [0.15, 0.2) is 48.5 Å². The maximum Gasteiger partial charge on any atom is 0.279 e. The summed E-state index contributed by atoms with van der Waals surface area (Å²) in [4.78, 5) is 33.9. The van der Waals surface area contributed by atoms with E-state index in [1.54, 1.807) is 13.0 Å². The molecule has 0 fully saturated rings. The molecule has 1 atom stereocenters. The molecular weight excluding hydrogens is 362 g/mol. The van der Waals surface area contributed by atoms with Crippen LogP contribution in [0.4, 0.5) is 5.69 Å². The minimum absolute atomic E-state index is 0.0355. The number of benzene rings is 2. The minimum Gasteiger partial charge on any atom is -0.481 e. The van der Waals surface area contributed by atoms with Crippen LogP contribution in [0.25, 0.3) is 6.08 Å². The number of amides is 2. The molecule has 0 spiro atoms. The lowest BCUT2D eigenvalue weighted by Gasteiger charge is -2.15. The van der Waals surface area contributed by atoms with Crippen LogP contribution >= 0.6 is 0 Å². The first-order valence-electron chi connectivity index (χ1n) is 8.52. The molecule has 2 aromatic rings. The lowest BCUT2D eigenvalue weighted by atomic mass is 10.1. The van der Waals surface area contributed by atoms with E-state index in [2.05, 4.69) is 10.9 Å². The Morgan fingerprint density at radius 3 is 2.36 bits per heavy atom. The second kappa shape index (κ2) is 9.31. The summed E-state index contributed by atoms with van der Waals surface area (Å²) in [5, 5.41) is 10.6. The number of hydrazine groups is 1. The number of hydrogen-bond donors (Lipinski definition) is 2. The van der Waals surface area contributed by atoms with Gasteiger partial charge in [-0.05, 0) is 67.8 Å². The van der Waals surface area contributed by atoms with Gasteiger partial charge in [-0.25, -0.2) is 0 Å². The van der Waals surface area contributed by atoms with E-state index in [1.165, 1.54) is 36.4 Å². The van der Waals surface area contributed by atoms with Crippen LogP contribution in [0.5, 0.6) is 5.75 Å². The molecule has 0 aliphatic carbocycles. The fourth-order valence-corrected chi connectivity index (χ4v) is 2.19. The molecule has 2 amide bonds. The summed E-state index contributed by atoms with van der Waals surface area (Å²) in [6.07, 6.45) is 1.87. The predicted octanol–water partition coefficient (Wildman–Crippen LogP) is 2.84. The Morgan fingerprint density at radius 1 is 1.07 bits per heavy atom. The zero-order valence-corrected chi connectivity index (χ0v) is 15.8. The summed E-state index contributed by atoms with van der Waals surface area (Å²) in [6, 6.07) is 11.2. The van der Waals surface area contributed by atoms with E-state index < -0.39 is 22.8 Å². The molecular formula is C20H21N3O5. The maximum absolute atomic E-state index is 12.0. The number of non-ortho nitro benzene ring substituents is 1. The number of carbonyl (C=O) groups is 2. The molecule has 2 aromatic carbocycles. The molecule has 8 heteroatoms. The Bertz CT molecular complexity index is 907. The molecule has 0 aliphatic heterocycles. The molecule has 0 radical (unpaired) electrons. The zero-order valence-electron chi connectivity index (χ0n) is 15.8. The number of hydrogen-bond acceptors (Lipinski definition) is 5. The van der Waals surface area contributed by atoms with Crippen molar-refractivity contribution >= 4 is 23.6 Å². The van der Waals surface area contributed by atoms with Crippen molar-refractivity contribution in [1.82, 2.24) is 10.9 Å². The molecule has 0 bridgehead atoms. The predicted molar refractivity (Wildman–Crippen MR) is 104 cm³/mol. The number of nitro groups is 1. The van der Waals surface area contributed by atoms with Gasteiger partial charge in [0.05, 0.1) is 4.92 Å². The van der Waals surface area contributed by atoms with Gasteiger partial charge in [-0.1, -0.05) is 6.07 Å². The van der Waals surface area contributed by atoms with E-state index >= 15 is 0 Å². The van der Waals surface area contributed by atoms with Crippen LogP contribution < -0.4 is 15.6 Å². The average molecular weight is 383 g/mol. The molecule has 0 saturated heterocycles. The number of nitro benzene ring substituents is 1. The van der Waals surface area contributed by atoms with Gasteiger partial charge >= 0.3 is 0 Å². The monoisotopic (exact) mass is 383 g/mol. The highest BCUT2D eigenvalue weighted by Crippen LogP contribution is 2.17. The first-order valence-corrected chi connectivity index (χ1v) is 8.52. The summed E-state index contributed by atoms with van der Waals surface area (Å²) >= 11 is 0. The van der Waals surface area contributed by atoms with Crippen molar-refractivity contribution in [3.63, 3.8) is 0 Å². The Balaban J connectivity index is 1.82. The van der Waals surface area contributed by atoms with Crippen LogP contribution in [0.2, 0.25) is 0 Å². The fourth-order valence-electron chi connectivity index (χ4n) is 2.19. The van der Waals surface area contributed by atoms with E-state index in [0.717, 1.165) is 11.1 Å². The highest BCUT2D eigenvalue weighted by molar-refractivity contribution is 5.93. The van der Waals surface area contributed by atoms with E-state index in [0.29, 0.717) is 11.3 Å². The number of aryl methyl sites for hydroxylation is 2. The van der Waals surface area contributed by atoms with Gasteiger partial charge in [-0.3, -0.25) is 30.6 Å². The van der Waals surface area contributed by atoms with Crippen LogP contribution in [-0.2, 0) is 9.59 Å². The molecule has 0 saturated carbocycles. The van der Waals surface area contributed by atoms with Crippen LogP contribution in [0, 0.1) is 24.0 Å². The highest BCUT2D eigenvalue weighted by Gasteiger charge is 2.15. The SMILES string of the molecule is Cc1ccc(OC(C)C(=O)NNC(=O)/C=C/c2ccc([N+](=O)[O-])cc2)cc1C. The van der Waals surface area contributed by atoms with Crippen molar-refractivity contribution < 1.29 is 19.2 Å². The Kier molecular flexibility index (Phi) is 6.86. The van der Waals surface area contributed by atoms with E-state index in [1.807, 2.05) is 26.0 Å². The topological polar surface area (TPSA) is 111 Å². The Hall–Kier alpha value is -3.68. The van der Waals surface area contributed by atoms with Gasteiger partial charge in [0, 0.05) is 18.2 Å². The third kappa shape index (κ3) is 5.94. The largest absolute Gasteiger partial charge is 0.481 e. The zero-order chi connectivity index (χ0) is 20.7. The molecule has 0 aliphatic rings. The third-order valence-electron chi connectivity index (χ3n) is 4.00. The van der Waals surface area contributed by atoms with Gasteiger partial charge in [0.2, 0.25) is 0 Å². The molecule has 2 rings (SSSR count). The van der Waals surface area contributed by atoms with Gasteiger partial charge in [-0.15, -0.1) is 0 Å². The summed E-state index contributed by atoms with van der Waals surface area (Å²) in [5.74, 6) is -0.490. The second-order valence-electron chi connectivity index (χ2n) is 6.17. The van der Waals surface area contributed by atoms with Gasteiger partial charge < -0.3 is 4.74 Å². The molecule has 28 heavy (non-hydrogen) atoms. The lowest BCUT2D eigenvalue weighted by molar-refractivity contribution is -0.384. The van der Waals surface area contributed by atoms with Crippen LogP contribution in [-0.4, -0.2) is 22.8 Å². The van der Waals surface area contributed by atoms with Crippen molar-refractivity contribution in [2.75, 3.05) is 0 Å². The second-order valence-corrected chi connectivity index (χ2v) is 6.17. The Morgan fingerprint density at radius 2 is 1.75 bits per heavy atom. The quantitative estimate of drug-likeness (QED) is 0.453. The van der Waals surface area contributed by atoms with Crippen molar-refractivity contribution in [1.29, 1.82) is 0 Å². The molecule has 146 valence electrons. The Labute approximate surface area is 162 Å². The molecule has 0 aromatic heterocycles. The first-order chi connectivity index (χ1) is 13.3. The van der Waals surface area contributed by atoms with Crippen molar-refractivity contribution in [3.8, 4) is 5.75 Å². The van der Waals surface area contributed by atoms with Crippen molar-refractivity contribution in [3.05, 3.63) is 75.3 Å². The smallest absolute Gasteiger partial charge is 0.279 e. The molecule has 1 unspecified atom stereocenters. The normalized spacial score (nSPS) is 11.7. The lowest BCUT2D eigenvalue weighted by Crippen LogP contribution is -2.46. The summed E-state index contributed by atoms with van der Waals surface area (Å²) in [7, 11) is 0. The number of carbonyl (C=O) groups excluding carboxylic acids is 2.